The topological polar surface area (TPSA) is 38.2 Å². The van der Waals surface area contributed by atoms with E-state index in [2.05, 4.69) is 14.9 Å². The van der Waals surface area contributed by atoms with Crippen molar-refractivity contribution in [2.75, 3.05) is 31.2 Å². The van der Waals surface area contributed by atoms with E-state index in [9.17, 15) is 0 Å². The molecule has 98 valence electrons. The SMILES string of the molecule is Clc1ccc(-c2nccc(N3CCOCC3)n2)cc1. The predicted octanol–water partition coefficient (Wildman–Crippen LogP) is 2.63. The third kappa shape index (κ3) is 2.85. The van der Waals surface area contributed by atoms with Crippen LogP contribution in [-0.4, -0.2) is 36.3 Å². The lowest BCUT2D eigenvalue weighted by atomic mass is 10.2. The average molecular weight is 276 g/mol. The quantitative estimate of drug-likeness (QED) is 0.844. The Hall–Kier alpha value is -1.65. The van der Waals surface area contributed by atoms with E-state index < -0.39 is 0 Å². The maximum atomic E-state index is 5.89. The number of morpholine rings is 1. The van der Waals surface area contributed by atoms with Crippen molar-refractivity contribution in [3.8, 4) is 11.4 Å². The van der Waals surface area contributed by atoms with Crippen LogP contribution in [0.5, 0.6) is 0 Å². The Labute approximate surface area is 117 Å². The summed E-state index contributed by atoms with van der Waals surface area (Å²) >= 11 is 5.89. The summed E-state index contributed by atoms with van der Waals surface area (Å²) in [5.41, 5.74) is 0.972. The molecule has 2 heterocycles. The van der Waals surface area contributed by atoms with Crippen molar-refractivity contribution in [2.45, 2.75) is 0 Å². The number of anilines is 1. The van der Waals surface area contributed by atoms with Gasteiger partial charge in [0.05, 0.1) is 13.2 Å². The Morgan fingerprint density at radius 2 is 1.79 bits per heavy atom. The molecule has 1 aliphatic heterocycles. The van der Waals surface area contributed by atoms with E-state index in [1.807, 2.05) is 30.3 Å². The fraction of sp³-hybridized carbons (Fsp3) is 0.286. The van der Waals surface area contributed by atoms with Crippen molar-refractivity contribution in [3.05, 3.63) is 41.6 Å². The molecule has 0 saturated carbocycles. The van der Waals surface area contributed by atoms with E-state index in [1.165, 1.54) is 0 Å². The summed E-state index contributed by atoms with van der Waals surface area (Å²) in [7, 11) is 0. The zero-order valence-corrected chi connectivity index (χ0v) is 11.2. The fourth-order valence-electron chi connectivity index (χ4n) is 2.06. The van der Waals surface area contributed by atoms with Crippen molar-refractivity contribution in [2.24, 2.45) is 0 Å². The second kappa shape index (κ2) is 5.55. The molecule has 5 heteroatoms. The number of hydrogen-bond donors (Lipinski definition) is 0. The Balaban J connectivity index is 1.88. The normalized spacial score (nSPS) is 15.5. The summed E-state index contributed by atoms with van der Waals surface area (Å²) in [6, 6.07) is 9.50. The summed E-state index contributed by atoms with van der Waals surface area (Å²) in [6.07, 6.45) is 1.79. The molecule has 19 heavy (non-hydrogen) atoms. The highest BCUT2D eigenvalue weighted by Gasteiger charge is 2.13. The van der Waals surface area contributed by atoms with Crippen LogP contribution in [-0.2, 0) is 4.74 Å². The molecule has 0 spiro atoms. The molecule has 1 aromatic heterocycles. The number of hydrogen-bond acceptors (Lipinski definition) is 4. The van der Waals surface area contributed by atoms with E-state index in [1.54, 1.807) is 6.20 Å². The number of aromatic nitrogens is 2. The molecular weight excluding hydrogens is 262 g/mol. The van der Waals surface area contributed by atoms with Crippen molar-refractivity contribution in [1.29, 1.82) is 0 Å². The molecular formula is C14H14ClN3O. The summed E-state index contributed by atoms with van der Waals surface area (Å²) in [5.74, 6) is 1.67. The molecule has 0 radical (unpaired) electrons. The first-order chi connectivity index (χ1) is 9.33. The maximum absolute atomic E-state index is 5.89. The molecule has 0 atom stereocenters. The maximum Gasteiger partial charge on any atom is 0.161 e. The highest BCUT2D eigenvalue weighted by atomic mass is 35.5. The van der Waals surface area contributed by atoms with Gasteiger partial charge in [0.1, 0.15) is 5.82 Å². The van der Waals surface area contributed by atoms with Gasteiger partial charge in [-0.05, 0) is 30.3 Å². The summed E-state index contributed by atoms with van der Waals surface area (Å²) in [6.45, 7) is 3.24. The minimum atomic E-state index is 0.716. The van der Waals surface area contributed by atoms with E-state index in [0.29, 0.717) is 5.02 Å². The van der Waals surface area contributed by atoms with Gasteiger partial charge in [0.25, 0.3) is 0 Å². The Kier molecular flexibility index (Phi) is 3.62. The minimum absolute atomic E-state index is 0.716. The lowest BCUT2D eigenvalue weighted by Gasteiger charge is -2.27. The molecule has 1 aromatic carbocycles. The van der Waals surface area contributed by atoms with E-state index in [4.69, 9.17) is 16.3 Å². The van der Waals surface area contributed by atoms with Crippen LogP contribution in [0.15, 0.2) is 36.5 Å². The minimum Gasteiger partial charge on any atom is -0.378 e. The number of benzene rings is 1. The van der Waals surface area contributed by atoms with Gasteiger partial charge in [-0.15, -0.1) is 0 Å². The third-order valence-electron chi connectivity index (χ3n) is 3.08. The highest BCUT2D eigenvalue weighted by molar-refractivity contribution is 6.30. The molecule has 0 bridgehead atoms. The average Bonchev–Trinajstić information content (AvgIpc) is 2.49. The number of nitrogens with zero attached hydrogens (tertiary/aromatic N) is 3. The Morgan fingerprint density at radius 1 is 1.05 bits per heavy atom. The van der Waals surface area contributed by atoms with Gasteiger partial charge in [0, 0.05) is 29.9 Å². The largest absolute Gasteiger partial charge is 0.378 e. The molecule has 0 aliphatic carbocycles. The molecule has 3 rings (SSSR count). The van der Waals surface area contributed by atoms with Gasteiger partial charge in [0.15, 0.2) is 5.82 Å². The van der Waals surface area contributed by atoms with E-state index >= 15 is 0 Å². The van der Waals surface area contributed by atoms with E-state index in [-0.39, 0.29) is 0 Å². The highest BCUT2D eigenvalue weighted by Crippen LogP contribution is 2.20. The lowest BCUT2D eigenvalue weighted by molar-refractivity contribution is 0.122. The monoisotopic (exact) mass is 275 g/mol. The van der Waals surface area contributed by atoms with Crippen LogP contribution < -0.4 is 4.90 Å². The number of rotatable bonds is 2. The van der Waals surface area contributed by atoms with Gasteiger partial charge in [-0.2, -0.15) is 0 Å². The van der Waals surface area contributed by atoms with Crippen LogP contribution in [0, 0.1) is 0 Å². The molecule has 4 nitrogen and oxygen atoms in total. The Bertz CT molecular complexity index is 553. The molecule has 0 N–H and O–H groups in total. The van der Waals surface area contributed by atoms with Gasteiger partial charge in [-0.3, -0.25) is 0 Å². The zero-order valence-electron chi connectivity index (χ0n) is 10.4. The smallest absolute Gasteiger partial charge is 0.161 e. The molecule has 0 unspecified atom stereocenters. The molecule has 0 amide bonds. The van der Waals surface area contributed by atoms with Crippen LogP contribution in [0.3, 0.4) is 0 Å². The lowest BCUT2D eigenvalue weighted by Crippen LogP contribution is -2.36. The van der Waals surface area contributed by atoms with Crippen molar-refractivity contribution < 1.29 is 4.74 Å². The van der Waals surface area contributed by atoms with Crippen LogP contribution in [0.1, 0.15) is 0 Å². The second-order valence-corrected chi connectivity index (χ2v) is 4.78. The molecule has 1 fully saturated rings. The van der Waals surface area contributed by atoms with E-state index in [0.717, 1.165) is 43.5 Å². The number of halogens is 1. The first kappa shape index (κ1) is 12.4. The fourth-order valence-corrected chi connectivity index (χ4v) is 2.18. The van der Waals surface area contributed by atoms with Gasteiger partial charge in [0.2, 0.25) is 0 Å². The summed E-state index contributed by atoms with van der Waals surface area (Å²) in [5, 5.41) is 0.716. The van der Waals surface area contributed by atoms with Crippen LogP contribution in [0.4, 0.5) is 5.82 Å². The Morgan fingerprint density at radius 3 is 2.53 bits per heavy atom. The van der Waals surface area contributed by atoms with Gasteiger partial charge in [-0.1, -0.05) is 11.6 Å². The van der Waals surface area contributed by atoms with Crippen LogP contribution in [0.2, 0.25) is 5.02 Å². The number of ether oxygens (including phenoxy) is 1. The predicted molar refractivity (Wildman–Crippen MR) is 75.5 cm³/mol. The third-order valence-corrected chi connectivity index (χ3v) is 3.33. The van der Waals surface area contributed by atoms with Crippen molar-refractivity contribution in [1.82, 2.24) is 9.97 Å². The molecule has 2 aromatic rings. The van der Waals surface area contributed by atoms with Crippen molar-refractivity contribution >= 4 is 17.4 Å². The summed E-state index contributed by atoms with van der Waals surface area (Å²) < 4.78 is 5.35. The zero-order chi connectivity index (χ0) is 13.1. The molecule has 1 saturated heterocycles. The van der Waals surface area contributed by atoms with Crippen LogP contribution >= 0.6 is 11.6 Å². The van der Waals surface area contributed by atoms with Crippen molar-refractivity contribution in [3.63, 3.8) is 0 Å². The van der Waals surface area contributed by atoms with Gasteiger partial charge >= 0.3 is 0 Å². The molecule has 1 aliphatic rings. The van der Waals surface area contributed by atoms with Gasteiger partial charge < -0.3 is 9.64 Å². The summed E-state index contributed by atoms with van der Waals surface area (Å²) in [4.78, 5) is 11.1. The van der Waals surface area contributed by atoms with Crippen LogP contribution in [0.25, 0.3) is 11.4 Å². The van der Waals surface area contributed by atoms with Gasteiger partial charge in [-0.25, -0.2) is 9.97 Å². The standard InChI is InChI=1S/C14H14ClN3O/c15-12-3-1-11(2-4-12)14-16-6-5-13(17-14)18-7-9-19-10-8-18/h1-6H,7-10H2. The first-order valence-electron chi connectivity index (χ1n) is 6.24. The second-order valence-electron chi connectivity index (χ2n) is 4.34. The first-order valence-corrected chi connectivity index (χ1v) is 6.62.